The van der Waals surface area contributed by atoms with Crippen molar-refractivity contribution < 1.29 is 0 Å². The van der Waals surface area contributed by atoms with Crippen molar-refractivity contribution in [1.29, 1.82) is 0 Å². The van der Waals surface area contributed by atoms with Crippen molar-refractivity contribution in [2.75, 3.05) is 0 Å². The molecule has 0 aliphatic carbocycles. The second-order valence-corrected chi connectivity index (χ2v) is 3.46. The maximum Gasteiger partial charge on any atom is 0.0883 e. The fraction of sp³-hybridized carbons (Fsp3) is 0.429. The van der Waals surface area contributed by atoms with Crippen LogP contribution >= 0.6 is 0 Å². The van der Waals surface area contributed by atoms with E-state index in [-0.39, 0.29) is 0 Å². The van der Waals surface area contributed by atoms with Crippen LogP contribution in [-0.4, -0.2) is 11.2 Å². The average molecular weight is 218 g/mol. The molecular formula is C14H22N2. The van der Waals surface area contributed by atoms with Gasteiger partial charge in [0.05, 0.1) is 11.9 Å². The highest BCUT2D eigenvalue weighted by Gasteiger charge is 2.07. The van der Waals surface area contributed by atoms with Crippen LogP contribution in [0.1, 0.15) is 40.2 Å². The van der Waals surface area contributed by atoms with E-state index >= 15 is 0 Å². The first kappa shape index (κ1) is 14.6. The number of aromatic nitrogens is 1. The van der Waals surface area contributed by atoms with Gasteiger partial charge in [-0.05, 0) is 24.5 Å². The van der Waals surface area contributed by atoms with Crippen LogP contribution in [0.2, 0.25) is 0 Å². The van der Waals surface area contributed by atoms with Crippen LogP contribution in [0.4, 0.5) is 5.69 Å². The SMILES string of the molecule is C=C(c1ccncc1N=CC)C(C)C.CC. The number of aliphatic imine (C=N–C) groups is 1. The third-order valence-electron chi connectivity index (χ3n) is 2.11. The van der Waals surface area contributed by atoms with Crippen molar-refractivity contribution in [2.45, 2.75) is 34.6 Å². The molecule has 1 aromatic rings. The molecule has 0 fully saturated rings. The summed E-state index contributed by atoms with van der Waals surface area (Å²) < 4.78 is 0. The van der Waals surface area contributed by atoms with Crippen LogP contribution in [0, 0.1) is 5.92 Å². The summed E-state index contributed by atoms with van der Waals surface area (Å²) in [7, 11) is 0. The largest absolute Gasteiger partial charge is 0.262 e. The quantitative estimate of drug-likeness (QED) is 0.686. The van der Waals surface area contributed by atoms with Gasteiger partial charge < -0.3 is 0 Å². The number of allylic oxidation sites excluding steroid dienone is 1. The first-order valence-electron chi connectivity index (χ1n) is 5.78. The van der Waals surface area contributed by atoms with Gasteiger partial charge in [-0.3, -0.25) is 9.98 Å². The maximum absolute atomic E-state index is 4.26. The van der Waals surface area contributed by atoms with Crippen molar-refractivity contribution >= 4 is 17.5 Å². The molecule has 0 aliphatic heterocycles. The summed E-state index contributed by atoms with van der Waals surface area (Å²) in [6.45, 7) is 14.2. The molecule has 0 unspecified atom stereocenters. The van der Waals surface area contributed by atoms with Crippen molar-refractivity contribution in [1.82, 2.24) is 4.98 Å². The summed E-state index contributed by atoms with van der Waals surface area (Å²) in [4.78, 5) is 8.31. The van der Waals surface area contributed by atoms with Crippen LogP contribution in [0.5, 0.6) is 0 Å². The molecule has 16 heavy (non-hydrogen) atoms. The molecule has 0 amide bonds. The zero-order valence-corrected chi connectivity index (χ0v) is 11.0. The topological polar surface area (TPSA) is 25.2 Å². The molecule has 0 aromatic carbocycles. The second-order valence-electron chi connectivity index (χ2n) is 3.46. The summed E-state index contributed by atoms with van der Waals surface area (Å²) in [5.41, 5.74) is 3.09. The standard InChI is InChI=1S/C12H16N2.C2H6/c1-5-14-12-8-13-7-6-11(12)10(4)9(2)3;1-2/h5-9H,4H2,1-3H3;1-2H3. The van der Waals surface area contributed by atoms with Gasteiger partial charge in [0, 0.05) is 18.0 Å². The van der Waals surface area contributed by atoms with E-state index in [0.717, 1.165) is 16.8 Å². The molecule has 88 valence electrons. The Bertz CT molecular complexity index is 352. The Balaban J connectivity index is 0.00000106. The van der Waals surface area contributed by atoms with E-state index in [0.29, 0.717) is 5.92 Å². The third-order valence-corrected chi connectivity index (χ3v) is 2.11. The molecule has 0 radical (unpaired) electrons. The Labute approximate surface area is 99.1 Å². The number of pyridine rings is 1. The second kappa shape index (κ2) is 7.80. The highest BCUT2D eigenvalue weighted by atomic mass is 14.8. The molecule has 0 atom stereocenters. The molecular weight excluding hydrogens is 196 g/mol. The van der Waals surface area contributed by atoms with E-state index in [2.05, 4.69) is 30.4 Å². The lowest BCUT2D eigenvalue weighted by Crippen LogP contribution is -1.92. The van der Waals surface area contributed by atoms with Gasteiger partial charge in [-0.15, -0.1) is 0 Å². The normalized spacial score (nSPS) is 10.1. The van der Waals surface area contributed by atoms with E-state index in [1.807, 2.05) is 26.8 Å². The summed E-state index contributed by atoms with van der Waals surface area (Å²) in [5.74, 6) is 0.434. The van der Waals surface area contributed by atoms with E-state index in [1.165, 1.54) is 0 Å². The summed E-state index contributed by atoms with van der Waals surface area (Å²) in [5, 5.41) is 0. The summed E-state index contributed by atoms with van der Waals surface area (Å²) in [6, 6.07) is 1.96. The van der Waals surface area contributed by atoms with Crippen molar-refractivity contribution in [3.63, 3.8) is 0 Å². The van der Waals surface area contributed by atoms with Gasteiger partial charge in [-0.25, -0.2) is 0 Å². The first-order chi connectivity index (χ1) is 7.66. The van der Waals surface area contributed by atoms with Crippen LogP contribution < -0.4 is 0 Å². The predicted octanol–water partition coefficient (Wildman–Crippen LogP) is 4.50. The lowest BCUT2D eigenvalue weighted by Gasteiger charge is -2.11. The van der Waals surface area contributed by atoms with Gasteiger partial charge in [-0.2, -0.15) is 0 Å². The lowest BCUT2D eigenvalue weighted by molar-refractivity contribution is 0.857. The Morgan fingerprint density at radius 3 is 2.56 bits per heavy atom. The lowest BCUT2D eigenvalue weighted by atomic mass is 9.97. The Morgan fingerprint density at radius 2 is 2.06 bits per heavy atom. The minimum atomic E-state index is 0.434. The number of hydrogen-bond donors (Lipinski definition) is 0. The minimum absolute atomic E-state index is 0.434. The van der Waals surface area contributed by atoms with Crippen molar-refractivity contribution in [3.05, 3.63) is 30.6 Å². The molecule has 0 saturated carbocycles. The Kier molecular flexibility index (Phi) is 7.10. The summed E-state index contributed by atoms with van der Waals surface area (Å²) >= 11 is 0. The summed E-state index contributed by atoms with van der Waals surface area (Å²) in [6.07, 6.45) is 5.31. The highest BCUT2D eigenvalue weighted by Crippen LogP contribution is 2.28. The molecule has 0 aliphatic rings. The third kappa shape index (κ3) is 3.97. The van der Waals surface area contributed by atoms with E-state index in [1.54, 1.807) is 18.6 Å². The number of nitrogens with zero attached hydrogens (tertiary/aromatic N) is 2. The van der Waals surface area contributed by atoms with Gasteiger partial charge in [-0.1, -0.05) is 34.3 Å². The van der Waals surface area contributed by atoms with E-state index in [9.17, 15) is 0 Å². The molecule has 1 aromatic heterocycles. The molecule has 0 N–H and O–H groups in total. The highest BCUT2D eigenvalue weighted by molar-refractivity contribution is 5.76. The van der Waals surface area contributed by atoms with Gasteiger partial charge in [0.15, 0.2) is 0 Å². The maximum atomic E-state index is 4.26. The van der Waals surface area contributed by atoms with Gasteiger partial charge in [0.2, 0.25) is 0 Å². The monoisotopic (exact) mass is 218 g/mol. The zero-order chi connectivity index (χ0) is 12.6. The first-order valence-corrected chi connectivity index (χ1v) is 5.78. The fourth-order valence-corrected chi connectivity index (χ4v) is 1.21. The molecule has 1 heterocycles. The molecule has 0 saturated heterocycles. The average Bonchev–Trinajstić information content (AvgIpc) is 2.32. The fourth-order valence-electron chi connectivity index (χ4n) is 1.21. The van der Waals surface area contributed by atoms with Gasteiger partial charge >= 0.3 is 0 Å². The van der Waals surface area contributed by atoms with Crippen LogP contribution in [0.3, 0.4) is 0 Å². The van der Waals surface area contributed by atoms with Crippen LogP contribution in [-0.2, 0) is 0 Å². The van der Waals surface area contributed by atoms with Gasteiger partial charge in [0.1, 0.15) is 0 Å². The molecule has 2 nitrogen and oxygen atoms in total. The van der Waals surface area contributed by atoms with E-state index < -0.39 is 0 Å². The minimum Gasteiger partial charge on any atom is -0.262 e. The predicted molar refractivity (Wildman–Crippen MR) is 73.3 cm³/mol. The van der Waals surface area contributed by atoms with Gasteiger partial charge in [0.25, 0.3) is 0 Å². The molecule has 2 heteroatoms. The smallest absolute Gasteiger partial charge is 0.0883 e. The molecule has 1 rings (SSSR count). The molecule has 0 spiro atoms. The van der Waals surface area contributed by atoms with E-state index in [4.69, 9.17) is 0 Å². The Morgan fingerprint density at radius 1 is 1.44 bits per heavy atom. The number of hydrogen-bond acceptors (Lipinski definition) is 2. The Hall–Kier alpha value is -1.44. The van der Waals surface area contributed by atoms with Crippen molar-refractivity contribution in [3.8, 4) is 0 Å². The van der Waals surface area contributed by atoms with Crippen LogP contribution in [0.25, 0.3) is 5.57 Å². The molecule has 0 bridgehead atoms. The zero-order valence-electron chi connectivity index (χ0n) is 11.0. The van der Waals surface area contributed by atoms with Crippen molar-refractivity contribution in [2.24, 2.45) is 10.9 Å². The van der Waals surface area contributed by atoms with Crippen LogP contribution in [0.15, 0.2) is 30.0 Å². The number of rotatable bonds is 3.